The molecule has 0 saturated heterocycles. The van der Waals surface area contributed by atoms with E-state index >= 15 is 0 Å². The maximum absolute atomic E-state index is 12.1. The topological polar surface area (TPSA) is 84.9 Å². The van der Waals surface area contributed by atoms with E-state index in [2.05, 4.69) is 5.32 Å². The van der Waals surface area contributed by atoms with Crippen LogP contribution in [0.15, 0.2) is 6.07 Å². The van der Waals surface area contributed by atoms with Crippen molar-refractivity contribution in [1.29, 1.82) is 0 Å². The molecule has 9 heteroatoms. The summed E-state index contributed by atoms with van der Waals surface area (Å²) in [6, 6.07) is 1.56. The predicted octanol–water partition coefficient (Wildman–Crippen LogP) is 2.41. The van der Waals surface area contributed by atoms with Crippen LogP contribution in [0.2, 0.25) is 10.0 Å². The summed E-state index contributed by atoms with van der Waals surface area (Å²) in [6.07, 6.45) is 1.31. The second-order valence-corrected chi connectivity index (χ2v) is 6.18. The summed E-state index contributed by atoms with van der Waals surface area (Å²) >= 11 is 12.2. The minimum Gasteiger partial charge on any atom is -0.534 e. The zero-order chi connectivity index (χ0) is 17.9. The molecule has 1 unspecified atom stereocenters. The van der Waals surface area contributed by atoms with Gasteiger partial charge in [-0.15, -0.1) is 0 Å². The number of esters is 1. The van der Waals surface area contributed by atoms with Crippen molar-refractivity contribution in [2.75, 3.05) is 6.61 Å². The highest BCUT2D eigenvalue weighted by atomic mass is 35.5. The molecule has 1 aromatic carbocycles. The third kappa shape index (κ3) is 3.96. The number of fused-ring (bicyclic) bond motifs is 1. The van der Waals surface area contributed by atoms with Gasteiger partial charge in [-0.05, 0) is 31.4 Å². The van der Waals surface area contributed by atoms with Gasteiger partial charge in [0.05, 0.1) is 22.6 Å². The van der Waals surface area contributed by atoms with Crippen molar-refractivity contribution in [1.82, 2.24) is 5.32 Å². The summed E-state index contributed by atoms with van der Waals surface area (Å²) < 4.78 is 10.4. The molecule has 1 aromatic rings. The predicted molar refractivity (Wildman–Crippen MR) is 91.6 cm³/mol. The van der Waals surface area contributed by atoms with Crippen LogP contribution < -0.4 is 9.97 Å². The normalized spacial score (nSPS) is 16.2. The quantitative estimate of drug-likeness (QED) is 0.611. The van der Waals surface area contributed by atoms with E-state index in [1.165, 1.54) is 0 Å². The first-order chi connectivity index (χ1) is 11.4. The Kier molecular flexibility index (Phi) is 6.37. The van der Waals surface area contributed by atoms with Gasteiger partial charge in [-0.3, -0.25) is 4.79 Å². The highest BCUT2D eigenvalue weighted by Gasteiger charge is 2.39. The molecule has 0 radical (unpaired) electrons. The molecular weight excluding hydrogens is 356 g/mol. The molecule has 1 atom stereocenters. The highest BCUT2D eigenvalue weighted by molar-refractivity contribution is 6.48. The summed E-state index contributed by atoms with van der Waals surface area (Å²) in [7, 11) is -1.30. The second kappa shape index (κ2) is 8.10. The van der Waals surface area contributed by atoms with Crippen molar-refractivity contribution in [3.05, 3.63) is 27.2 Å². The van der Waals surface area contributed by atoms with Gasteiger partial charge in [0.25, 0.3) is 0 Å². The molecule has 130 valence electrons. The van der Waals surface area contributed by atoms with E-state index in [1.807, 2.05) is 6.92 Å². The molecule has 0 bridgehead atoms. The molecule has 1 aliphatic rings. The summed E-state index contributed by atoms with van der Waals surface area (Å²) in [5.74, 6) is -1.36. The Labute approximate surface area is 150 Å². The van der Waals surface area contributed by atoms with E-state index in [9.17, 15) is 14.6 Å². The highest BCUT2D eigenvalue weighted by Crippen LogP contribution is 2.39. The third-order valence-corrected chi connectivity index (χ3v) is 4.36. The summed E-state index contributed by atoms with van der Waals surface area (Å²) in [5, 5.41) is 13.1. The number of nitrogens with one attached hydrogen (secondary N) is 1. The van der Waals surface area contributed by atoms with E-state index in [1.54, 1.807) is 13.0 Å². The lowest BCUT2D eigenvalue weighted by molar-refractivity contribution is -0.121. The van der Waals surface area contributed by atoms with Crippen LogP contribution in [0.1, 0.15) is 42.6 Å². The fourth-order valence-corrected chi connectivity index (χ4v) is 2.95. The van der Waals surface area contributed by atoms with Crippen LogP contribution in [-0.4, -0.2) is 36.6 Å². The molecule has 6 nitrogen and oxygen atoms in total. The number of ether oxygens (including phenoxy) is 1. The van der Waals surface area contributed by atoms with Gasteiger partial charge in [-0.1, -0.05) is 30.1 Å². The molecule has 0 aromatic heterocycles. The average molecular weight is 374 g/mol. The van der Waals surface area contributed by atoms with Crippen LogP contribution in [-0.2, 0) is 16.0 Å². The van der Waals surface area contributed by atoms with Crippen LogP contribution in [0, 0.1) is 0 Å². The SMILES string of the molecule is CCCC(=O)NC1Cc2cc(Cl)c(Cl)c(C(=O)OCC)c2OB1O. The number of carbonyl (C=O) groups excluding carboxylic acids is 2. The third-order valence-electron chi connectivity index (χ3n) is 3.57. The lowest BCUT2D eigenvalue weighted by Gasteiger charge is -2.29. The van der Waals surface area contributed by atoms with Gasteiger partial charge in [0.2, 0.25) is 5.91 Å². The minimum atomic E-state index is -1.30. The largest absolute Gasteiger partial charge is 0.547 e. The van der Waals surface area contributed by atoms with Crippen molar-refractivity contribution in [2.24, 2.45) is 0 Å². The lowest BCUT2D eigenvalue weighted by Crippen LogP contribution is -2.53. The Hall–Kier alpha value is -1.44. The molecule has 24 heavy (non-hydrogen) atoms. The van der Waals surface area contributed by atoms with Gasteiger partial charge >= 0.3 is 13.1 Å². The van der Waals surface area contributed by atoms with Crippen molar-refractivity contribution in [3.8, 4) is 5.75 Å². The van der Waals surface area contributed by atoms with Crippen LogP contribution in [0.4, 0.5) is 0 Å². The maximum atomic E-state index is 12.1. The zero-order valence-electron chi connectivity index (χ0n) is 13.4. The van der Waals surface area contributed by atoms with Gasteiger partial charge in [-0.2, -0.15) is 0 Å². The molecule has 1 amide bonds. The van der Waals surface area contributed by atoms with Crippen molar-refractivity contribution in [2.45, 2.75) is 39.1 Å². The average Bonchev–Trinajstić information content (AvgIpc) is 2.51. The van der Waals surface area contributed by atoms with E-state index in [-0.39, 0.29) is 40.3 Å². The number of hydrogen-bond acceptors (Lipinski definition) is 5. The van der Waals surface area contributed by atoms with E-state index in [0.717, 1.165) is 0 Å². The second-order valence-electron chi connectivity index (χ2n) is 5.39. The van der Waals surface area contributed by atoms with Crippen molar-refractivity contribution in [3.63, 3.8) is 0 Å². The molecule has 0 aliphatic carbocycles. The smallest absolute Gasteiger partial charge is 0.534 e. The number of rotatable bonds is 5. The van der Waals surface area contributed by atoms with Crippen LogP contribution in [0.25, 0.3) is 0 Å². The standard InChI is InChI=1S/C15H18BCl2NO5/c1-3-5-11(20)19-10-7-8-6-9(17)13(18)12(15(21)23-4-2)14(8)24-16(10)22/h6,10,22H,3-5,7H2,1-2H3,(H,19,20). The van der Waals surface area contributed by atoms with Gasteiger partial charge in [0.1, 0.15) is 11.3 Å². The molecule has 1 aliphatic heterocycles. The van der Waals surface area contributed by atoms with E-state index in [4.69, 9.17) is 32.6 Å². The van der Waals surface area contributed by atoms with Crippen molar-refractivity contribution < 1.29 is 24.0 Å². The first-order valence-electron chi connectivity index (χ1n) is 7.71. The first-order valence-corrected chi connectivity index (χ1v) is 8.46. The van der Waals surface area contributed by atoms with Gasteiger partial charge < -0.3 is 19.7 Å². The molecule has 2 rings (SSSR count). The zero-order valence-corrected chi connectivity index (χ0v) is 14.9. The molecule has 1 heterocycles. The first kappa shape index (κ1) is 18.9. The Bertz CT molecular complexity index is 655. The van der Waals surface area contributed by atoms with E-state index < -0.39 is 19.0 Å². The number of hydrogen-bond donors (Lipinski definition) is 2. The van der Waals surface area contributed by atoms with Gasteiger partial charge in [0, 0.05) is 6.42 Å². The molecular formula is C15H18BCl2NO5. The Morgan fingerprint density at radius 1 is 1.46 bits per heavy atom. The van der Waals surface area contributed by atoms with Gasteiger partial charge in [0.15, 0.2) is 0 Å². The van der Waals surface area contributed by atoms with Crippen LogP contribution in [0.3, 0.4) is 0 Å². The number of carbonyl (C=O) groups is 2. The summed E-state index contributed by atoms with van der Waals surface area (Å²) in [5.41, 5.74) is 0.554. The monoisotopic (exact) mass is 373 g/mol. The van der Waals surface area contributed by atoms with Gasteiger partial charge in [-0.25, -0.2) is 4.79 Å². The Morgan fingerprint density at radius 3 is 2.79 bits per heavy atom. The summed E-state index contributed by atoms with van der Waals surface area (Å²) in [6.45, 7) is 3.71. The molecule has 0 spiro atoms. The van der Waals surface area contributed by atoms with Crippen molar-refractivity contribution >= 4 is 42.2 Å². The number of halogens is 2. The van der Waals surface area contributed by atoms with Crippen LogP contribution in [0.5, 0.6) is 5.75 Å². The lowest BCUT2D eigenvalue weighted by atomic mass is 9.72. The molecule has 0 fully saturated rings. The minimum absolute atomic E-state index is 0.00883. The number of amides is 1. The van der Waals surface area contributed by atoms with Crippen LogP contribution >= 0.6 is 23.2 Å². The Balaban J connectivity index is 2.35. The molecule has 0 saturated carbocycles. The fourth-order valence-electron chi connectivity index (χ4n) is 2.50. The maximum Gasteiger partial charge on any atom is 0.547 e. The Morgan fingerprint density at radius 2 is 2.17 bits per heavy atom. The number of benzene rings is 1. The van der Waals surface area contributed by atoms with E-state index in [0.29, 0.717) is 18.4 Å². The molecule has 2 N–H and O–H groups in total. The summed E-state index contributed by atoms with van der Waals surface area (Å²) in [4.78, 5) is 23.9. The fraction of sp³-hybridized carbons (Fsp3) is 0.467.